The van der Waals surface area contributed by atoms with Crippen LogP contribution in [0.15, 0.2) is 12.1 Å². The van der Waals surface area contributed by atoms with Crippen molar-refractivity contribution in [2.75, 3.05) is 49.7 Å². The van der Waals surface area contributed by atoms with Crippen LogP contribution in [0.1, 0.15) is 17.1 Å². The molecular weight excluding hydrogens is 304 g/mol. The van der Waals surface area contributed by atoms with Gasteiger partial charge in [-0.1, -0.05) is 0 Å². The summed E-state index contributed by atoms with van der Waals surface area (Å²) in [4.78, 5) is 13.7. The van der Waals surface area contributed by atoms with Gasteiger partial charge in [0, 0.05) is 44.1 Å². The third-order valence-corrected chi connectivity index (χ3v) is 4.26. The molecule has 0 spiro atoms. The van der Waals surface area contributed by atoms with Gasteiger partial charge in [0.1, 0.15) is 5.82 Å². The van der Waals surface area contributed by atoms with Gasteiger partial charge in [0.15, 0.2) is 0 Å². The quantitative estimate of drug-likeness (QED) is 0.829. The second kappa shape index (κ2) is 7.17. The number of hydrogen-bond acceptors (Lipinski definition) is 6. The van der Waals surface area contributed by atoms with Crippen LogP contribution in [0.3, 0.4) is 0 Å². The average molecular weight is 330 g/mol. The molecule has 0 aliphatic carbocycles. The number of nitrogens with zero attached hydrogens (tertiary/aromatic N) is 6. The summed E-state index contributed by atoms with van der Waals surface area (Å²) in [7, 11) is 2.07. The number of rotatable bonds is 5. The number of likely N-dealkylation sites (N-methyl/N-ethyl adjacent to an activating group) is 1. The first kappa shape index (κ1) is 16.7. The van der Waals surface area contributed by atoms with Gasteiger partial charge in [-0.15, -0.1) is 0 Å². The van der Waals surface area contributed by atoms with E-state index in [-0.39, 0.29) is 0 Å². The summed E-state index contributed by atoms with van der Waals surface area (Å²) < 4.78 is 7.46. The highest BCUT2D eigenvalue weighted by Crippen LogP contribution is 2.17. The molecule has 130 valence electrons. The van der Waals surface area contributed by atoms with Crippen molar-refractivity contribution in [1.29, 1.82) is 0 Å². The Labute approximate surface area is 143 Å². The summed E-state index contributed by atoms with van der Waals surface area (Å²) in [6.45, 7) is 11.0. The molecule has 1 saturated heterocycles. The van der Waals surface area contributed by atoms with Crippen LogP contribution >= 0.6 is 0 Å². The number of hydrogen-bond donors (Lipinski definition) is 0. The van der Waals surface area contributed by atoms with Crippen LogP contribution in [0.4, 0.5) is 11.8 Å². The highest BCUT2D eigenvalue weighted by atomic mass is 16.5. The molecule has 1 fully saturated rings. The third-order valence-electron chi connectivity index (χ3n) is 4.26. The average Bonchev–Trinajstić information content (AvgIpc) is 2.90. The lowest BCUT2D eigenvalue weighted by Gasteiger charge is -2.28. The topological polar surface area (TPSA) is 59.3 Å². The molecule has 2 aromatic rings. The van der Waals surface area contributed by atoms with Gasteiger partial charge in [-0.2, -0.15) is 10.1 Å². The molecule has 3 heterocycles. The Morgan fingerprint density at radius 2 is 1.83 bits per heavy atom. The molecule has 24 heavy (non-hydrogen) atoms. The number of ether oxygens (including phenoxy) is 1. The van der Waals surface area contributed by atoms with Gasteiger partial charge in [-0.3, -0.25) is 4.68 Å². The zero-order valence-electron chi connectivity index (χ0n) is 15.0. The van der Waals surface area contributed by atoms with Crippen molar-refractivity contribution in [3.8, 4) is 0 Å². The zero-order valence-corrected chi connectivity index (χ0v) is 15.0. The van der Waals surface area contributed by atoms with Gasteiger partial charge in [-0.05, 0) is 26.8 Å². The van der Waals surface area contributed by atoms with E-state index in [1.54, 1.807) is 0 Å². The van der Waals surface area contributed by atoms with E-state index in [9.17, 15) is 0 Å². The van der Waals surface area contributed by atoms with E-state index >= 15 is 0 Å². The lowest BCUT2D eigenvalue weighted by atomic mass is 10.3. The monoisotopic (exact) mass is 330 g/mol. The molecule has 0 amide bonds. The summed E-state index contributed by atoms with van der Waals surface area (Å²) in [5, 5.41) is 4.52. The minimum absolute atomic E-state index is 0.737. The zero-order chi connectivity index (χ0) is 17.1. The van der Waals surface area contributed by atoms with Gasteiger partial charge >= 0.3 is 0 Å². The first-order chi connectivity index (χ1) is 11.5. The molecule has 0 atom stereocenters. The second-order valence-electron chi connectivity index (χ2n) is 6.34. The van der Waals surface area contributed by atoms with E-state index in [1.165, 1.54) is 5.69 Å². The Morgan fingerprint density at radius 1 is 1.08 bits per heavy atom. The van der Waals surface area contributed by atoms with Crippen LogP contribution in [0.25, 0.3) is 0 Å². The molecule has 0 bridgehead atoms. The Balaban J connectivity index is 1.70. The Morgan fingerprint density at radius 3 is 2.50 bits per heavy atom. The van der Waals surface area contributed by atoms with E-state index in [1.807, 2.05) is 24.6 Å². The molecule has 0 N–H and O–H groups in total. The maximum Gasteiger partial charge on any atom is 0.227 e. The standard InChI is InChI=1S/C17H26N6O/c1-13-12-16(19-17(18-13)22-7-9-24-10-8-22)21(4)5-6-23-15(3)11-14(2)20-23/h11-12H,5-10H2,1-4H3. The molecule has 7 heteroatoms. The fourth-order valence-electron chi connectivity index (χ4n) is 2.90. The first-order valence-electron chi connectivity index (χ1n) is 8.43. The van der Waals surface area contributed by atoms with Crippen molar-refractivity contribution in [3.05, 3.63) is 29.2 Å². The Hall–Kier alpha value is -2.15. The number of aryl methyl sites for hydroxylation is 3. The lowest BCUT2D eigenvalue weighted by Crippen LogP contribution is -2.37. The van der Waals surface area contributed by atoms with Gasteiger partial charge < -0.3 is 14.5 Å². The molecule has 0 radical (unpaired) electrons. The SMILES string of the molecule is Cc1cc(N(C)CCn2nc(C)cc2C)nc(N2CCOCC2)n1. The molecule has 2 aromatic heterocycles. The van der Waals surface area contributed by atoms with Crippen LogP contribution in [0.5, 0.6) is 0 Å². The molecule has 1 aliphatic rings. The number of anilines is 2. The number of aromatic nitrogens is 4. The Kier molecular flexibility index (Phi) is 4.99. The molecule has 0 saturated carbocycles. The molecule has 1 aliphatic heterocycles. The normalized spacial score (nSPS) is 14.9. The number of morpholine rings is 1. The Bertz CT molecular complexity index is 692. The van der Waals surface area contributed by atoms with Crippen LogP contribution < -0.4 is 9.80 Å². The molecular formula is C17H26N6O. The van der Waals surface area contributed by atoms with Crippen molar-refractivity contribution in [3.63, 3.8) is 0 Å². The first-order valence-corrected chi connectivity index (χ1v) is 8.43. The van der Waals surface area contributed by atoms with Gasteiger partial charge in [0.2, 0.25) is 5.95 Å². The van der Waals surface area contributed by atoms with Crippen LogP contribution in [0.2, 0.25) is 0 Å². The lowest BCUT2D eigenvalue weighted by molar-refractivity contribution is 0.122. The molecule has 0 aromatic carbocycles. The van der Waals surface area contributed by atoms with E-state index in [2.05, 4.69) is 39.9 Å². The van der Waals surface area contributed by atoms with Crippen molar-refractivity contribution in [1.82, 2.24) is 19.7 Å². The van der Waals surface area contributed by atoms with Gasteiger partial charge in [0.25, 0.3) is 0 Å². The maximum atomic E-state index is 5.41. The highest BCUT2D eigenvalue weighted by molar-refractivity contribution is 5.45. The maximum absolute atomic E-state index is 5.41. The summed E-state index contributed by atoms with van der Waals surface area (Å²) >= 11 is 0. The molecule has 3 rings (SSSR count). The smallest absolute Gasteiger partial charge is 0.227 e. The predicted octanol–water partition coefficient (Wildman–Crippen LogP) is 1.57. The van der Waals surface area contributed by atoms with Crippen molar-refractivity contribution < 1.29 is 4.74 Å². The predicted molar refractivity (Wildman–Crippen MR) is 94.8 cm³/mol. The molecule has 0 unspecified atom stereocenters. The summed E-state index contributed by atoms with van der Waals surface area (Å²) in [6.07, 6.45) is 0. The summed E-state index contributed by atoms with van der Waals surface area (Å²) in [5.41, 5.74) is 3.23. The molecule has 7 nitrogen and oxygen atoms in total. The van der Waals surface area contributed by atoms with Crippen LogP contribution in [-0.2, 0) is 11.3 Å². The van der Waals surface area contributed by atoms with Crippen LogP contribution in [0, 0.1) is 20.8 Å². The minimum atomic E-state index is 0.737. The van der Waals surface area contributed by atoms with E-state index in [4.69, 9.17) is 9.72 Å². The summed E-state index contributed by atoms with van der Waals surface area (Å²) in [5.74, 6) is 1.75. The van der Waals surface area contributed by atoms with E-state index in [0.29, 0.717) is 0 Å². The van der Waals surface area contributed by atoms with Crippen molar-refractivity contribution in [2.45, 2.75) is 27.3 Å². The summed E-state index contributed by atoms with van der Waals surface area (Å²) in [6, 6.07) is 4.14. The third kappa shape index (κ3) is 3.84. The van der Waals surface area contributed by atoms with Crippen molar-refractivity contribution >= 4 is 11.8 Å². The minimum Gasteiger partial charge on any atom is -0.378 e. The van der Waals surface area contributed by atoms with Gasteiger partial charge in [0.05, 0.1) is 25.5 Å². The fraction of sp³-hybridized carbons (Fsp3) is 0.588. The van der Waals surface area contributed by atoms with Crippen molar-refractivity contribution in [2.24, 2.45) is 0 Å². The van der Waals surface area contributed by atoms with Gasteiger partial charge in [-0.25, -0.2) is 4.98 Å². The highest BCUT2D eigenvalue weighted by Gasteiger charge is 2.16. The fourth-order valence-corrected chi connectivity index (χ4v) is 2.90. The second-order valence-corrected chi connectivity index (χ2v) is 6.34. The van der Waals surface area contributed by atoms with Crippen LogP contribution in [-0.4, -0.2) is 59.6 Å². The largest absolute Gasteiger partial charge is 0.378 e. The van der Waals surface area contributed by atoms with E-state index < -0.39 is 0 Å². The van der Waals surface area contributed by atoms with E-state index in [0.717, 1.165) is 62.5 Å².